The van der Waals surface area contributed by atoms with Gasteiger partial charge in [0, 0.05) is 44.5 Å². The van der Waals surface area contributed by atoms with Crippen LogP contribution in [-0.4, -0.2) is 29.1 Å². The van der Waals surface area contributed by atoms with Crippen molar-refractivity contribution in [3.8, 4) is 0 Å². The molecule has 1 aromatic heterocycles. The summed E-state index contributed by atoms with van der Waals surface area (Å²) in [5.74, 6) is 0.856. The second-order valence-electron chi connectivity index (χ2n) is 7.83. The SMILES string of the molecule is CN=C(NCc1ccc(Cn2ccnc2)cc1)NCC1(c2ccccc2)CCC1.I. The van der Waals surface area contributed by atoms with Crippen molar-refractivity contribution in [1.29, 1.82) is 0 Å². The molecule has 6 heteroatoms. The summed E-state index contributed by atoms with van der Waals surface area (Å²) in [6, 6.07) is 19.6. The Morgan fingerprint density at radius 3 is 2.37 bits per heavy atom. The molecular formula is C24H30IN5. The van der Waals surface area contributed by atoms with Gasteiger partial charge >= 0.3 is 0 Å². The van der Waals surface area contributed by atoms with Crippen LogP contribution < -0.4 is 10.6 Å². The minimum Gasteiger partial charge on any atom is -0.356 e. The molecule has 5 nitrogen and oxygen atoms in total. The van der Waals surface area contributed by atoms with Crippen molar-refractivity contribution in [2.24, 2.45) is 4.99 Å². The molecule has 1 heterocycles. The zero-order chi connectivity index (χ0) is 19.9. The van der Waals surface area contributed by atoms with E-state index in [-0.39, 0.29) is 29.4 Å². The summed E-state index contributed by atoms with van der Waals surface area (Å²) in [6.07, 6.45) is 9.40. The van der Waals surface area contributed by atoms with Crippen molar-refractivity contribution < 1.29 is 0 Å². The van der Waals surface area contributed by atoms with Crippen LogP contribution in [0.3, 0.4) is 0 Å². The van der Waals surface area contributed by atoms with E-state index in [4.69, 9.17) is 0 Å². The van der Waals surface area contributed by atoms with Crippen molar-refractivity contribution >= 4 is 29.9 Å². The number of imidazole rings is 1. The number of rotatable bonds is 7. The molecule has 158 valence electrons. The van der Waals surface area contributed by atoms with Crippen LogP contribution in [0.4, 0.5) is 0 Å². The van der Waals surface area contributed by atoms with E-state index >= 15 is 0 Å². The van der Waals surface area contributed by atoms with Gasteiger partial charge in [-0.05, 0) is 29.5 Å². The number of hydrogen-bond donors (Lipinski definition) is 2. The smallest absolute Gasteiger partial charge is 0.191 e. The van der Waals surface area contributed by atoms with Gasteiger partial charge in [0.25, 0.3) is 0 Å². The molecule has 0 spiro atoms. The second-order valence-corrected chi connectivity index (χ2v) is 7.83. The molecule has 4 rings (SSSR count). The predicted octanol–water partition coefficient (Wildman–Crippen LogP) is 4.34. The highest BCUT2D eigenvalue weighted by Gasteiger charge is 2.38. The van der Waals surface area contributed by atoms with E-state index in [1.54, 1.807) is 0 Å². The normalized spacial score (nSPS) is 15.0. The summed E-state index contributed by atoms with van der Waals surface area (Å²) in [7, 11) is 1.83. The zero-order valence-electron chi connectivity index (χ0n) is 17.4. The highest BCUT2D eigenvalue weighted by atomic mass is 127. The monoisotopic (exact) mass is 515 g/mol. The Morgan fingerprint density at radius 2 is 1.77 bits per heavy atom. The van der Waals surface area contributed by atoms with Crippen LogP contribution in [0.5, 0.6) is 0 Å². The van der Waals surface area contributed by atoms with Gasteiger partial charge in [-0.1, -0.05) is 61.0 Å². The van der Waals surface area contributed by atoms with Gasteiger partial charge in [0.2, 0.25) is 0 Å². The van der Waals surface area contributed by atoms with Crippen LogP contribution in [0.2, 0.25) is 0 Å². The van der Waals surface area contributed by atoms with Crippen molar-refractivity contribution in [3.05, 3.63) is 90.0 Å². The lowest BCUT2D eigenvalue weighted by Gasteiger charge is -2.43. The summed E-state index contributed by atoms with van der Waals surface area (Å²) in [4.78, 5) is 8.50. The molecule has 0 aliphatic heterocycles. The summed E-state index contributed by atoms with van der Waals surface area (Å²) in [5, 5.41) is 7.00. The van der Waals surface area contributed by atoms with E-state index in [0.29, 0.717) is 0 Å². The minimum atomic E-state index is 0. The molecule has 2 N–H and O–H groups in total. The molecule has 0 radical (unpaired) electrons. The summed E-state index contributed by atoms with van der Waals surface area (Å²) < 4.78 is 2.07. The van der Waals surface area contributed by atoms with Gasteiger partial charge in [-0.25, -0.2) is 4.98 Å². The van der Waals surface area contributed by atoms with Crippen LogP contribution in [0.1, 0.15) is 36.0 Å². The predicted molar refractivity (Wildman–Crippen MR) is 133 cm³/mol. The molecule has 30 heavy (non-hydrogen) atoms. The van der Waals surface area contributed by atoms with Gasteiger partial charge in [-0.15, -0.1) is 24.0 Å². The first kappa shape index (κ1) is 22.3. The van der Waals surface area contributed by atoms with Crippen LogP contribution in [0.15, 0.2) is 78.3 Å². The van der Waals surface area contributed by atoms with Crippen molar-refractivity contribution in [2.45, 2.75) is 37.8 Å². The molecule has 0 unspecified atom stereocenters. The van der Waals surface area contributed by atoms with E-state index in [9.17, 15) is 0 Å². The van der Waals surface area contributed by atoms with Gasteiger partial charge in [0.1, 0.15) is 0 Å². The average molecular weight is 515 g/mol. The molecule has 0 amide bonds. The van der Waals surface area contributed by atoms with Gasteiger partial charge in [-0.2, -0.15) is 0 Å². The largest absolute Gasteiger partial charge is 0.356 e. The standard InChI is InChI=1S/C24H29N5.HI/c1-25-23(28-18-24(12-5-13-24)22-6-3-2-4-7-22)27-16-20-8-10-21(11-9-20)17-29-15-14-26-19-29;/h2-4,6-11,14-15,19H,5,12-13,16-18H2,1H3,(H2,25,27,28);1H. The summed E-state index contributed by atoms with van der Waals surface area (Å²) in [5.41, 5.74) is 4.18. The Morgan fingerprint density at radius 1 is 1.03 bits per heavy atom. The third-order valence-electron chi connectivity index (χ3n) is 5.92. The number of nitrogens with zero attached hydrogens (tertiary/aromatic N) is 3. The Kier molecular flexibility index (Phi) is 7.90. The number of halogens is 1. The summed E-state index contributed by atoms with van der Waals surface area (Å²) >= 11 is 0. The molecule has 0 bridgehead atoms. The molecule has 1 saturated carbocycles. The quantitative estimate of drug-likeness (QED) is 0.280. The molecule has 1 aliphatic carbocycles. The highest BCUT2D eigenvalue weighted by Crippen LogP contribution is 2.43. The van der Waals surface area contributed by atoms with E-state index in [1.807, 2.05) is 25.8 Å². The second kappa shape index (κ2) is 10.6. The average Bonchev–Trinajstić information content (AvgIpc) is 3.24. The van der Waals surface area contributed by atoms with Crippen LogP contribution in [0.25, 0.3) is 0 Å². The van der Waals surface area contributed by atoms with E-state index in [1.165, 1.54) is 36.0 Å². The van der Waals surface area contributed by atoms with Crippen molar-refractivity contribution in [1.82, 2.24) is 20.2 Å². The molecule has 3 aromatic rings. The fourth-order valence-electron chi connectivity index (χ4n) is 3.98. The maximum absolute atomic E-state index is 4.41. The first-order valence-corrected chi connectivity index (χ1v) is 10.3. The first-order chi connectivity index (χ1) is 14.3. The molecule has 2 aromatic carbocycles. The van der Waals surface area contributed by atoms with Gasteiger partial charge < -0.3 is 15.2 Å². The Hall–Kier alpha value is -2.35. The Bertz CT molecular complexity index is 916. The van der Waals surface area contributed by atoms with Crippen LogP contribution in [-0.2, 0) is 18.5 Å². The number of benzene rings is 2. The number of guanidine groups is 1. The van der Waals surface area contributed by atoms with Crippen molar-refractivity contribution in [2.75, 3.05) is 13.6 Å². The van der Waals surface area contributed by atoms with Crippen molar-refractivity contribution in [3.63, 3.8) is 0 Å². The van der Waals surface area contributed by atoms with Gasteiger partial charge in [0.15, 0.2) is 5.96 Å². The van der Waals surface area contributed by atoms with Crippen LogP contribution >= 0.6 is 24.0 Å². The molecule has 0 atom stereocenters. The van der Waals surface area contributed by atoms with Crippen LogP contribution in [0, 0.1) is 0 Å². The zero-order valence-corrected chi connectivity index (χ0v) is 19.8. The molecule has 1 aliphatic rings. The number of aromatic nitrogens is 2. The number of hydrogen-bond acceptors (Lipinski definition) is 2. The lowest BCUT2D eigenvalue weighted by molar-refractivity contribution is 0.244. The van der Waals surface area contributed by atoms with Gasteiger partial charge in [-0.3, -0.25) is 4.99 Å². The maximum atomic E-state index is 4.41. The molecule has 1 fully saturated rings. The lowest BCUT2D eigenvalue weighted by atomic mass is 9.64. The summed E-state index contributed by atoms with van der Waals surface area (Å²) in [6.45, 7) is 2.52. The first-order valence-electron chi connectivity index (χ1n) is 10.3. The minimum absolute atomic E-state index is 0. The Labute approximate surface area is 196 Å². The van der Waals surface area contributed by atoms with E-state index < -0.39 is 0 Å². The fourth-order valence-corrected chi connectivity index (χ4v) is 3.98. The molecule has 0 saturated heterocycles. The fraction of sp³-hybridized carbons (Fsp3) is 0.333. The lowest BCUT2D eigenvalue weighted by Crippen LogP contribution is -2.48. The molecular weight excluding hydrogens is 485 g/mol. The topological polar surface area (TPSA) is 54.2 Å². The Balaban J connectivity index is 0.00000256. The highest BCUT2D eigenvalue weighted by molar-refractivity contribution is 14.0. The van der Waals surface area contributed by atoms with E-state index in [0.717, 1.165) is 25.6 Å². The number of aliphatic imine (C=N–C) groups is 1. The van der Waals surface area contributed by atoms with Gasteiger partial charge in [0.05, 0.1) is 6.33 Å². The third kappa shape index (κ3) is 5.41. The van der Waals surface area contributed by atoms with E-state index in [2.05, 4.69) is 79.8 Å². The number of nitrogens with one attached hydrogen (secondary N) is 2. The third-order valence-corrected chi connectivity index (χ3v) is 5.92. The maximum Gasteiger partial charge on any atom is 0.191 e.